The molecule has 0 aromatic carbocycles. The molecular formula is C13H22N4O. The first-order valence-electron chi connectivity index (χ1n) is 6.54. The summed E-state index contributed by atoms with van der Waals surface area (Å²) >= 11 is 0. The summed E-state index contributed by atoms with van der Waals surface area (Å²) in [5.41, 5.74) is 1.14. The zero-order valence-corrected chi connectivity index (χ0v) is 11.4. The van der Waals surface area contributed by atoms with E-state index in [9.17, 15) is 0 Å². The second-order valence-electron chi connectivity index (χ2n) is 5.08. The minimum atomic E-state index is 0.331. The topological polar surface area (TPSA) is 50.3 Å². The summed E-state index contributed by atoms with van der Waals surface area (Å²) in [6, 6.07) is 2.90. The Bertz CT molecular complexity index is 383. The van der Waals surface area contributed by atoms with Crippen LogP contribution < -0.4 is 10.2 Å². The average Bonchev–Trinajstić information content (AvgIpc) is 2.36. The maximum absolute atomic E-state index is 5.57. The van der Waals surface area contributed by atoms with Crippen molar-refractivity contribution < 1.29 is 4.74 Å². The largest absolute Gasteiger partial charge is 0.377 e. The Kier molecular flexibility index (Phi) is 4.49. The van der Waals surface area contributed by atoms with Crippen LogP contribution in [0.15, 0.2) is 12.3 Å². The number of hydrogen-bond acceptors (Lipinski definition) is 5. The van der Waals surface area contributed by atoms with Crippen molar-refractivity contribution in [1.82, 2.24) is 15.5 Å². The number of anilines is 1. The molecule has 1 unspecified atom stereocenters. The van der Waals surface area contributed by atoms with Crippen LogP contribution in [0.2, 0.25) is 0 Å². The number of morpholine rings is 1. The number of rotatable bonds is 4. The van der Waals surface area contributed by atoms with Gasteiger partial charge in [-0.1, -0.05) is 13.8 Å². The van der Waals surface area contributed by atoms with Gasteiger partial charge in [0.05, 0.1) is 25.5 Å². The zero-order chi connectivity index (χ0) is 13.0. The highest BCUT2D eigenvalue weighted by molar-refractivity contribution is 5.41. The van der Waals surface area contributed by atoms with E-state index in [1.165, 1.54) is 0 Å². The predicted molar refractivity (Wildman–Crippen MR) is 71.9 cm³/mol. The van der Waals surface area contributed by atoms with Gasteiger partial charge in [-0.25, -0.2) is 0 Å². The van der Waals surface area contributed by atoms with E-state index in [1.54, 1.807) is 6.20 Å². The van der Waals surface area contributed by atoms with Crippen molar-refractivity contribution >= 4 is 5.82 Å². The van der Waals surface area contributed by atoms with Crippen LogP contribution in [0.3, 0.4) is 0 Å². The summed E-state index contributed by atoms with van der Waals surface area (Å²) in [6.45, 7) is 9.64. The minimum absolute atomic E-state index is 0.331. The summed E-state index contributed by atoms with van der Waals surface area (Å²) in [5.74, 6) is 0.953. The second kappa shape index (κ2) is 6.11. The first kappa shape index (κ1) is 13.2. The third kappa shape index (κ3) is 3.40. The van der Waals surface area contributed by atoms with Crippen molar-refractivity contribution in [3.63, 3.8) is 0 Å². The minimum Gasteiger partial charge on any atom is -0.377 e. The van der Waals surface area contributed by atoms with Crippen LogP contribution in [-0.4, -0.2) is 48.6 Å². The van der Waals surface area contributed by atoms with Gasteiger partial charge < -0.3 is 15.0 Å². The van der Waals surface area contributed by atoms with Gasteiger partial charge in [0.2, 0.25) is 0 Å². The molecule has 1 aromatic rings. The van der Waals surface area contributed by atoms with Crippen LogP contribution in [-0.2, 0) is 4.74 Å². The first-order valence-corrected chi connectivity index (χ1v) is 6.54. The van der Waals surface area contributed by atoms with Gasteiger partial charge in [-0.2, -0.15) is 5.10 Å². The Hall–Kier alpha value is -1.20. The summed E-state index contributed by atoms with van der Waals surface area (Å²) in [6.07, 6.45) is 1.78. The van der Waals surface area contributed by atoms with Gasteiger partial charge in [-0.05, 0) is 18.6 Å². The summed E-state index contributed by atoms with van der Waals surface area (Å²) in [5, 5.41) is 11.7. The number of aromatic nitrogens is 2. The summed E-state index contributed by atoms with van der Waals surface area (Å²) in [7, 11) is 0. The Morgan fingerprint density at radius 2 is 2.39 bits per heavy atom. The Morgan fingerprint density at radius 1 is 1.56 bits per heavy atom. The van der Waals surface area contributed by atoms with Crippen molar-refractivity contribution in [2.24, 2.45) is 0 Å². The van der Waals surface area contributed by atoms with E-state index in [4.69, 9.17) is 4.74 Å². The predicted octanol–water partition coefficient (Wildman–Crippen LogP) is 0.988. The zero-order valence-electron chi connectivity index (χ0n) is 11.4. The molecule has 0 amide bonds. The third-order valence-electron chi connectivity index (χ3n) is 3.06. The van der Waals surface area contributed by atoms with Crippen molar-refractivity contribution in [2.45, 2.75) is 32.9 Å². The van der Waals surface area contributed by atoms with Crippen LogP contribution >= 0.6 is 0 Å². The van der Waals surface area contributed by atoms with Crippen molar-refractivity contribution in [3.8, 4) is 0 Å². The average molecular weight is 250 g/mol. The van der Waals surface area contributed by atoms with E-state index in [0.29, 0.717) is 12.1 Å². The molecule has 2 rings (SSSR count). The number of aryl methyl sites for hydroxylation is 1. The molecule has 0 spiro atoms. The quantitative estimate of drug-likeness (QED) is 0.863. The fourth-order valence-corrected chi connectivity index (χ4v) is 2.09. The number of ether oxygens (including phenoxy) is 1. The molecular weight excluding hydrogens is 228 g/mol. The van der Waals surface area contributed by atoms with E-state index in [-0.39, 0.29) is 0 Å². The maximum atomic E-state index is 5.57. The SMILES string of the molecule is Cc1cnnc(N2CCOCC2CNC(C)C)c1. The molecule has 5 nitrogen and oxygen atoms in total. The molecule has 0 saturated carbocycles. The molecule has 1 saturated heterocycles. The Labute approximate surface area is 109 Å². The second-order valence-corrected chi connectivity index (χ2v) is 5.08. The van der Waals surface area contributed by atoms with Crippen molar-refractivity contribution in [3.05, 3.63) is 17.8 Å². The number of nitrogens with zero attached hydrogens (tertiary/aromatic N) is 3. The molecule has 100 valence electrons. The third-order valence-corrected chi connectivity index (χ3v) is 3.06. The molecule has 0 bridgehead atoms. The molecule has 1 N–H and O–H groups in total. The molecule has 1 atom stereocenters. The van der Waals surface area contributed by atoms with Crippen LogP contribution in [0.5, 0.6) is 0 Å². The lowest BCUT2D eigenvalue weighted by molar-refractivity contribution is 0.0927. The van der Waals surface area contributed by atoms with Gasteiger partial charge in [0, 0.05) is 19.1 Å². The summed E-state index contributed by atoms with van der Waals surface area (Å²) < 4.78 is 5.57. The highest BCUT2D eigenvalue weighted by Crippen LogP contribution is 2.17. The van der Waals surface area contributed by atoms with E-state index >= 15 is 0 Å². The maximum Gasteiger partial charge on any atom is 0.151 e. The van der Waals surface area contributed by atoms with Gasteiger partial charge in [0.1, 0.15) is 0 Å². The van der Waals surface area contributed by atoms with Gasteiger partial charge in [0.15, 0.2) is 5.82 Å². The smallest absolute Gasteiger partial charge is 0.151 e. The molecule has 1 fully saturated rings. The normalized spacial score (nSPS) is 20.4. The molecule has 1 aliphatic rings. The van der Waals surface area contributed by atoms with Crippen LogP contribution in [0.4, 0.5) is 5.82 Å². The van der Waals surface area contributed by atoms with Gasteiger partial charge in [0.25, 0.3) is 0 Å². The van der Waals surface area contributed by atoms with E-state index < -0.39 is 0 Å². The Morgan fingerprint density at radius 3 is 3.11 bits per heavy atom. The molecule has 2 heterocycles. The Balaban J connectivity index is 2.07. The fourth-order valence-electron chi connectivity index (χ4n) is 2.09. The van der Waals surface area contributed by atoms with Crippen LogP contribution in [0, 0.1) is 6.92 Å². The lowest BCUT2D eigenvalue weighted by Gasteiger charge is -2.36. The van der Waals surface area contributed by atoms with Gasteiger partial charge >= 0.3 is 0 Å². The first-order chi connectivity index (χ1) is 8.66. The fraction of sp³-hybridized carbons (Fsp3) is 0.692. The van der Waals surface area contributed by atoms with E-state index in [1.807, 2.05) is 6.92 Å². The van der Waals surface area contributed by atoms with Crippen LogP contribution in [0.25, 0.3) is 0 Å². The number of hydrogen-bond donors (Lipinski definition) is 1. The monoisotopic (exact) mass is 250 g/mol. The van der Waals surface area contributed by atoms with E-state index in [2.05, 4.69) is 40.3 Å². The summed E-state index contributed by atoms with van der Waals surface area (Å²) in [4.78, 5) is 2.29. The lowest BCUT2D eigenvalue weighted by atomic mass is 10.2. The van der Waals surface area contributed by atoms with Crippen LogP contribution in [0.1, 0.15) is 19.4 Å². The molecule has 0 aliphatic carbocycles. The molecule has 1 aliphatic heterocycles. The number of nitrogens with one attached hydrogen (secondary N) is 1. The molecule has 5 heteroatoms. The standard InChI is InChI=1S/C13H22N4O/c1-10(2)14-8-12-9-18-5-4-17(12)13-6-11(3)7-15-16-13/h6-7,10,12,14H,4-5,8-9H2,1-3H3. The molecule has 1 aromatic heterocycles. The lowest BCUT2D eigenvalue weighted by Crippen LogP contribution is -2.51. The van der Waals surface area contributed by atoms with Gasteiger partial charge in [-0.15, -0.1) is 5.10 Å². The highest BCUT2D eigenvalue weighted by Gasteiger charge is 2.24. The van der Waals surface area contributed by atoms with Gasteiger partial charge in [-0.3, -0.25) is 0 Å². The van der Waals surface area contributed by atoms with Crippen molar-refractivity contribution in [1.29, 1.82) is 0 Å². The molecule has 0 radical (unpaired) electrons. The van der Waals surface area contributed by atoms with E-state index in [0.717, 1.165) is 37.7 Å². The molecule has 18 heavy (non-hydrogen) atoms. The van der Waals surface area contributed by atoms with Crippen molar-refractivity contribution in [2.75, 3.05) is 31.2 Å². The highest BCUT2D eigenvalue weighted by atomic mass is 16.5.